The molecular weight excluding hydrogens is 228 g/mol. The van der Waals surface area contributed by atoms with E-state index in [4.69, 9.17) is 10.8 Å². The molecule has 0 bridgehead atoms. The molecule has 0 aliphatic carbocycles. The monoisotopic (exact) mass is 238 g/mol. The van der Waals surface area contributed by atoms with Crippen molar-refractivity contribution in [2.75, 3.05) is 6.54 Å². The van der Waals surface area contributed by atoms with Crippen LogP contribution in [0.3, 0.4) is 0 Å². The van der Waals surface area contributed by atoms with Gasteiger partial charge in [-0.2, -0.15) is 5.26 Å². The molecule has 0 atom stereocenters. The van der Waals surface area contributed by atoms with Crippen molar-refractivity contribution in [1.29, 1.82) is 5.26 Å². The normalized spacial score (nSPS) is 8.39. The van der Waals surface area contributed by atoms with Gasteiger partial charge in [0.2, 0.25) is 0 Å². The molecule has 0 N–H and O–H groups in total. The minimum absolute atomic E-state index is 0.131. The second-order valence-corrected chi connectivity index (χ2v) is 3.35. The third kappa shape index (κ3) is 4.40. The Morgan fingerprint density at radius 1 is 1.50 bits per heavy atom. The lowest BCUT2D eigenvalue weighted by Crippen LogP contribution is -1.97. The number of carbonyl (C=O) groups excluding carboxylic acids is 1. The highest BCUT2D eigenvalue weighted by Crippen LogP contribution is 2.06. The number of carbonyl (C=O) groups is 1. The van der Waals surface area contributed by atoms with E-state index in [0.717, 1.165) is 0 Å². The summed E-state index contributed by atoms with van der Waals surface area (Å²) in [5.41, 5.74) is 9.27. The quantitative estimate of drug-likeness (QED) is 0.201. The first-order valence-corrected chi connectivity index (χ1v) is 5.28. The van der Waals surface area contributed by atoms with Crippen molar-refractivity contribution in [2.45, 2.75) is 12.8 Å². The number of ketones is 1. The third-order valence-corrected chi connectivity index (χ3v) is 2.06. The molecule has 1 rings (SSSR count). The molecule has 0 aromatic heterocycles. The lowest BCUT2D eigenvalue weighted by molar-refractivity contribution is 0.0997. The van der Waals surface area contributed by atoms with Gasteiger partial charge in [-0.1, -0.05) is 29.1 Å². The van der Waals surface area contributed by atoms with E-state index in [1.165, 1.54) is 0 Å². The minimum Gasteiger partial charge on any atom is -0.293 e. The van der Waals surface area contributed by atoms with E-state index in [9.17, 15) is 4.79 Å². The molecule has 0 unspecified atom stereocenters. The molecule has 0 heterocycles. The number of Topliss-reactive ketones (excluding diaryl/α,β-unsaturated/α-hetero) is 1. The number of nitriles is 1. The van der Waals surface area contributed by atoms with Crippen molar-refractivity contribution in [3.8, 4) is 17.9 Å². The fourth-order valence-corrected chi connectivity index (χ4v) is 1.26. The van der Waals surface area contributed by atoms with Gasteiger partial charge in [0.25, 0.3) is 0 Å². The zero-order valence-electron chi connectivity index (χ0n) is 9.63. The highest BCUT2D eigenvalue weighted by atomic mass is 16.1. The van der Waals surface area contributed by atoms with Crippen LogP contribution in [0.15, 0.2) is 29.4 Å². The molecule has 1 aromatic carbocycles. The smallest absolute Gasteiger partial charge is 0.176 e. The second-order valence-electron chi connectivity index (χ2n) is 3.35. The van der Waals surface area contributed by atoms with Gasteiger partial charge < -0.3 is 0 Å². The number of hydrogen-bond acceptors (Lipinski definition) is 3. The van der Waals surface area contributed by atoms with Gasteiger partial charge in [-0.15, -0.1) is 0 Å². The Balaban J connectivity index is 2.73. The molecule has 0 amide bonds. The van der Waals surface area contributed by atoms with E-state index in [1.807, 2.05) is 6.07 Å². The number of azide groups is 1. The first kappa shape index (κ1) is 13.3. The Morgan fingerprint density at radius 2 is 2.33 bits per heavy atom. The van der Waals surface area contributed by atoms with Crippen molar-refractivity contribution in [3.63, 3.8) is 0 Å². The molecule has 0 spiro atoms. The maximum Gasteiger partial charge on any atom is 0.176 e. The Kier molecular flexibility index (Phi) is 5.56. The molecule has 5 heteroatoms. The van der Waals surface area contributed by atoms with Crippen LogP contribution in [0.2, 0.25) is 0 Å². The van der Waals surface area contributed by atoms with Gasteiger partial charge in [-0.25, -0.2) is 0 Å². The topological polar surface area (TPSA) is 89.6 Å². The number of benzene rings is 1. The van der Waals surface area contributed by atoms with Crippen molar-refractivity contribution < 1.29 is 4.79 Å². The Hall–Kier alpha value is -2.75. The molecule has 0 saturated heterocycles. The van der Waals surface area contributed by atoms with E-state index in [2.05, 4.69) is 21.9 Å². The van der Waals surface area contributed by atoms with Crippen LogP contribution in [0, 0.1) is 23.2 Å². The van der Waals surface area contributed by atoms with Crippen LogP contribution in [-0.2, 0) is 0 Å². The zero-order chi connectivity index (χ0) is 13.2. The summed E-state index contributed by atoms with van der Waals surface area (Å²) in [5, 5.41) is 11.8. The molecule has 18 heavy (non-hydrogen) atoms. The predicted molar refractivity (Wildman–Crippen MR) is 66.5 cm³/mol. The summed E-state index contributed by atoms with van der Waals surface area (Å²) < 4.78 is 0. The molecule has 0 aliphatic rings. The van der Waals surface area contributed by atoms with Crippen LogP contribution in [-0.4, -0.2) is 12.3 Å². The van der Waals surface area contributed by atoms with E-state index in [-0.39, 0.29) is 12.2 Å². The largest absolute Gasteiger partial charge is 0.293 e. The summed E-state index contributed by atoms with van der Waals surface area (Å²) in [6.07, 6.45) is 0.341. The standard InChI is InChI=1S/C13H10N4O/c14-8-7-13(18)12-6-3-5-11(10-12)4-1-2-9-16-17-15/h3,5-6,10H,2,7,9H2. The van der Waals surface area contributed by atoms with E-state index in [0.29, 0.717) is 24.1 Å². The Labute approximate surface area is 105 Å². The van der Waals surface area contributed by atoms with Gasteiger partial charge in [0.05, 0.1) is 12.5 Å². The van der Waals surface area contributed by atoms with Crippen LogP contribution in [0.4, 0.5) is 0 Å². The number of hydrogen-bond donors (Lipinski definition) is 0. The Morgan fingerprint density at radius 3 is 3.06 bits per heavy atom. The molecule has 1 aromatic rings. The molecule has 0 saturated carbocycles. The lowest BCUT2D eigenvalue weighted by Gasteiger charge is -1.96. The predicted octanol–water partition coefficient (Wildman–Crippen LogP) is 2.83. The maximum atomic E-state index is 11.5. The SMILES string of the molecule is N#CCC(=O)c1cccc(C#CCCN=[N+]=[N-])c1. The molecular formula is C13H10N4O. The average Bonchev–Trinajstić information content (AvgIpc) is 2.39. The first-order chi connectivity index (χ1) is 8.77. The van der Waals surface area contributed by atoms with E-state index in [1.54, 1.807) is 24.3 Å². The zero-order valence-corrected chi connectivity index (χ0v) is 9.63. The highest BCUT2D eigenvalue weighted by molar-refractivity contribution is 5.97. The summed E-state index contributed by atoms with van der Waals surface area (Å²) in [5.74, 6) is 5.50. The van der Waals surface area contributed by atoms with Crippen molar-refractivity contribution in [1.82, 2.24) is 0 Å². The lowest BCUT2D eigenvalue weighted by atomic mass is 10.1. The summed E-state index contributed by atoms with van der Waals surface area (Å²) in [6, 6.07) is 8.64. The molecule has 88 valence electrons. The number of rotatable bonds is 4. The third-order valence-electron chi connectivity index (χ3n) is 2.06. The van der Waals surface area contributed by atoms with Gasteiger partial charge in [0, 0.05) is 29.0 Å². The average molecular weight is 238 g/mol. The fourth-order valence-electron chi connectivity index (χ4n) is 1.26. The molecule has 0 radical (unpaired) electrons. The molecule has 0 fully saturated rings. The van der Waals surface area contributed by atoms with Gasteiger partial charge in [-0.3, -0.25) is 4.79 Å². The molecule has 5 nitrogen and oxygen atoms in total. The number of nitrogens with zero attached hydrogens (tertiary/aromatic N) is 4. The van der Waals surface area contributed by atoms with Crippen LogP contribution in [0.5, 0.6) is 0 Å². The molecule has 0 aliphatic heterocycles. The van der Waals surface area contributed by atoms with Gasteiger partial charge in [-0.05, 0) is 17.7 Å². The Bertz CT molecular complexity index is 583. The van der Waals surface area contributed by atoms with Crippen LogP contribution in [0.1, 0.15) is 28.8 Å². The van der Waals surface area contributed by atoms with Crippen LogP contribution in [0.25, 0.3) is 10.4 Å². The van der Waals surface area contributed by atoms with Gasteiger partial charge in [0.15, 0.2) is 5.78 Å². The summed E-state index contributed by atoms with van der Waals surface area (Å²) >= 11 is 0. The summed E-state index contributed by atoms with van der Waals surface area (Å²) in [6.45, 7) is 0.330. The van der Waals surface area contributed by atoms with Crippen LogP contribution >= 0.6 is 0 Å². The fraction of sp³-hybridized carbons (Fsp3) is 0.231. The van der Waals surface area contributed by atoms with Crippen molar-refractivity contribution in [2.24, 2.45) is 5.11 Å². The maximum absolute atomic E-state index is 11.5. The summed E-state index contributed by atoms with van der Waals surface area (Å²) in [7, 11) is 0. The van der Waals surface area contributed by atoms with Crippen LogP contribution < -0.4 is 0 Å². The van der Waals surface area contributed by atoms with Gasteiger partial charge in [0.1, 0.15) is 0 Å². The van der Waals surface area contributed by atoms with Gasteiger partial charge >= 0.3 is 0 Å². The van der Waals surface area contributed by atoms with Crippen molar-refractivity contribution in [3.05, 3.63) is 45.8 Å². The van der Waals surface area contributed by atoms with Crippen molar-refractivity contribution >= 4 is 5.78 Å². The second kappa shape index (κ2) is 7.51. The summed E-state index contributed by atoms with van der Waals surface area (Å²) in [4.78, 5) is 14.1. The van der Waals surface area contributed by atoms with E-state index < -0.39 is 0 Å². The minimum atomic E-state index is -0.213. The van der Waals surface area contributed by atoms with E-state index >= 15 is 0 Å². The first-order valence-electron chi connectivity index (χ1n) is 5.28. The highest BCUT2D eigenvalue weighted by Gasteiger charge is 2.04.